The summed E-state index contributed by atoms with van der Waals surface area (Å²) < 4.78 is 99.3. The summed E-state index contributed by atoms with van der Waals surface area (Å²) in [7, 11) is -4.50. The maximum absolute atomic E-state index is 15.2. The fraction of sp³-hybridized carbons (Fsp3) is 0.400. The molecule has 2 aliphatic rings. The second-order valence-electron chi connectivity index (χ2n) is 9.50. The standard InChI is InChI=1S/C25H21ClF5N3O5S/c26-18-10-16(39-14-24(27,28)29)6-7-20(18)40(37,38)17-11-19(21(35)33-23(13-32)8-9-23)34(12-17)22(36)25(30,31)15-4-2-1-3-5-15/h1-7,10,17,19H,8-9,11-12,14H2,(H,33,35)/t17?,19-/m0/s1. The first-order valence-corrected chi connectivity index (χ1v) is 13.7. The van der Waals surface area contributed by atoms with Gasteiger partial charge in [0, 0.05) is 18.2 Å². The summed E-state index contributed by atoms with van der Waals surface area (Å²) in [6, 6.07) is 8.99. The zero-order valence-corrected chi connectivity index (χ0v) is 22.0. The van der Waals surface area contributed by atoms with E-state index in [-0.39, 0.29) is 5.75 Å². The van der Waals surface area contributed by atoms with Gasteiger partial charge in [-0.3, -0.25) is 9.59 Å². The van der Waals surface area contributed by atoms with Gasteiger partial charge < -0.3 is 15.0 Å². The molecule has 1 saturated carbocycles. The van der Waals surface area contributed by atoms with E-state index >= 15 is 8.78 Å². The lowest BCUT2D eigenvalue weighted by Gasteiger charge is -2.28. The molecule has 15 heteroatoms. The molecule has 2 amide bonds. The first-order chi connectivity index (χ1) is 18.6. The molecule has 1 aliphatic carbocycles. The molecule has 2 aromatic carbocycles. The topological polar surface area (TPSA) is 117 Å². The second-order valence-corrected chi connectivity index (χ2v) is 12.1. The predicted molar refractivity (Wildman–Crippen MR) is 130 cm³/mol. The lowest BCUT2D eigenvalue weighted by Crippen LogP contribution is -2.52. The first kappa shape index (κ1) is 29.5. The molecular formula is C25H21ClF5N3O5S. The Labute approximate surface area is 230 Å². The number of carbonyl (C=O) groups is 2. The number of nitrogens with zero attached hydrogens (tertiary/aromatic N) is 2. The number of amides is 2. The number of rotatable bonds is 8. The average Bonchev–Trinajstić information content (AvgIpc) is 3.51. The predicted octanol–water partition coefficient (Wildman–Crippen LogP) is 3.99. The Hall–Kier alpha value is -3.44. The van der Waals surface area contributed by atoms with E-state index in [0.717, 1.165) is 30.3 Å². The summed E-state index contributed by atoms with van der Waals surface area (Å²) in [6.45, 7) is -2.45. The van der Waals surface area contributed by atoms with Crippen LogP contribution in [0.25, 0.3) is 0 Å². The van der Waals surface area contributed by atoms with E-state index in [1.54, 1.807) is 0 Å². The quantitative estimate of drug-likeness (QED) is 0.455. The van der Waals surface area contributed by atoms with E-state index in [4.69, 9.17) is 11.6 Å². The number of halogens is 6. The first-order valence-electron chi connectivity index (χ1n) is 11.8. The smallest absolute Gasteiger partial charge is 0.422 e. The number of benzene rings is 2. The molecule has 1 N–H and O–H groups in total. The van der Waals surface area contributed by atoms with Crippen molar-refractivity contribution in [3.8, 4) is 11.8 Å². The monoisotopic (exact) mass is 605 g/mol. The van der Waals surface area contributed by atoms with Gasteiger partial charge in [-0.2, -0.15) is 27.2 Å². The maximum Gasteiger partial charge on any atom is 0.422 e. The second kappa shape index (κ2) is 10.5. The molecule has 0 aromatic heterocycles. The third-order valence-electron chi connectivity index (χ3n) is 6.61. The summed E-state index contributed by atoms with van der Waals surface area (Å²) in [4.78, 5) is 26.1. The van der Waals surface area contributed by atoms with Gasteiger partial charge >= 0.3 is 12.1 Å². The third kappa shape index (κ3) is 6.00. The number of likely N-dealkylation sites (tertiary alicyclic amines) is 1. The van der Waals surface area contributed by atoms with Crippen molar-refractivity contribution < 1.29 is 44.7 Å². The Balaban J connectivity index is 1.64. The normalized spacial score (nSPS) is 20.5. The molecular weight excluding hydrogens is 585 g/mol. The van der Waals surface area contributed by atoms with Crippen LogP contribution in [0.15, 0.2) is 53.4 Å². The number of nitriles is 1. The lowest BCUT2D eigenvalue weighted by atomic mass is 10.1. The van der Waals surface area contributed by atoms with E-state index in [2.05, 4.69) is 10.1 Å². The molecule has 2 aromatic rings. The molecule has 0 bridgehead atoms. The largest absolute Gasteiger partial charge is 0.484 e. The van der Waals surface area contributed by atoms with Crippen LogP contribution in [0, 0.1) is 11.3 Å². The average molecular weight is 606 g/mol. The summed E-state index contributed by atoms with van der Waals surface area (Å²) >= 11 is 6.05. The van der Waals surface area contributed by atoms with Crippen molar-refractivity contribution in [3.05, 3.63) is 59.1 Å². The van der Waals surface area contributed by atoms with Crippen LogP contribution < -0.4 is 10.1 Å². The van der Waals surface area contributed by atoms with Crippen molar-refractivity contribution in [1.82, 2.24) is 10.2 Å². The number of hydrogen-bond acceptors (Lipinski definition) is 6. The maximum atomic E-state index is 15.2. The molecule has 214 valence electrons. The van der Waals surface area contributed by atoms with Crippen LogP contribution in [0.1, 0.15) is 24.8 Å². The van der Waals surface area contributed by atoms with Crippen molar-refractivity contribution in [2.24, 2.45) is 0 Å². The molecule has 1 saturated heterocycles. The summed E-state index contributed by atoms with van der Waals surface area (Å²) in [5.41, 5.74) is -1.89. The number of hydrogen-bond donors (Lipinski definition) is 1. The van der Waals surface area contributed by atoms with E-state index in [1.165, 1.54) is 18.2 Å². The minimum Gasteiger partial charge on any atom is -0.484 e. The van der Waals surface area contributed by atoms with Gasteiger partial charge in [0.25, 0.3) is 5.91 Å². The summed E-state index contributed by atoms with van der Waals surface area (Å²) in [5.74, 6) is -7.24. The van der Waals surface area contributed by atoms with Gasteiger partial charge in [-0.25, -0.2) is 8.42 Å². The highest BCUT2D eigenvalue weighted by Crippen LogP contribution is 2.39. The fourth-order valence-electron chi connectivity index (χ4n) is 4.30. The summed E-state index contributed by atoms with van der Waals surface area (Å²) in [5, 5.41) is 9.67. The van der Waals surface area contributed by atoms with Crippen LogP contribution in [0.5, 0.6) is 5.75 Å². The summed E-state index contributed by atoms with van der Waals surface area (Å²) in [6.07, 6.45) is -4.64. The van der Waals surface area contributed by atoms with Crippen molar-refractivity contribution in [2.45, 2.75) is 53.1 Å². The molecule has 8 nitrogen and oxygen atoms in total. The van der Waals surface area contributed by atoms with Gasteiger partial charge in [-0.15, -0.1) is 0 Å². The molecule has 4 rings (SSSR count). The van der Waals surface area contributed by atoms with Gasteiger partial charge in [0.1, 0.15) is 17.3 Å². The van der Waals surface area contributed by atoms with Crippen LogP contribution in [0.2, 0.25) is 5.02 Å². The molecule has 40 heavy (non-hydrogen) atoms. The van der Waals surface area contributed by atoms with Crippen molar-refractivity contribution in [1.29, 1.82) is 5.26 Å². The van der Waals surface area contributed by atoms with Crippen LogP contribution in [0.4, 0.5) is 22.0 Å². The van der Waals surface area contributed by atoms with Gasteiger partial charge in [-0.05, 0) is 31.4 Å². The van der Waals surface area contributed by atoms with Gasteiger partial charge in [0.2, 0.25) is 5.91 Å². The third-order valence-corrected chi connectivity index (χ3v) is 9.22. The number of sulfone groups is 1. The van der Waals surface area contributed by atoms with Crippen molar-refractivity contribution in [2.75, 3.05) is 13.2 Å². The Morgan fingerprint density at radius 2 is 1.77 bits per heavy atom. The zero-order valence-electron chi connectivity index (χ0n) is 20.4. The lowest BCUT2D eigenvalue weighted by molar-refractivity contribution is -0.161. The molecule has 1 aliphatic heterocycles. The van der Waals surface area contributed by atoms with Crippen LogP contribution >= 0.6 is 11.6 Å². The minimum atomic E-state index is -4.65. The molecule has 1 unspecified atom stereocenters. The van der Waals surface area contributed by atoms with E-state index in [1.807, 2.05) is 6.07 Å². The van der Waals surface area contributed by atoms with Gasteiger partial charge in [0.05, 0.1) is 21.2 Å². The van der Waals surface area contributed by atoms with Crippen LogP contribution in [-0.2, 0) is 25.3 Å². The Bertz CT molecular complexity index is 1460. The molecule has 2 fully saturated rings. The number of alkyl halides is 5. The number of ether oxygens (including phenoxy) is 1. The highest BCUT2D eigenvalue weighted by Gasteiger charge is 2.54. The Morgan fingerprint density at radius 3 is 2.33 bits per heavy atom. The van der Waals surface area contributed by atoms with Crippen molar-refractivity contribution >= 4 is 33.3 Å². The van der Waals surface area contributed by atoms with E-state index < -0.39 is 85.6 Å². The van der Waals surface area contributed by atoms with E-state index in [9.17, 15) is 36.4 Å². The van der Waals surface area contributed by atoms with Crippen molar-refractivity contribution in [3.63, 3.8) is 0 Å². The van der Waals surface area contributed by atoms with Gasteiger partial charge in [0.15, 0.2) is 16.4 Å². The molecule has 1 heterocycles. The number of carbonyl (C=O) groups excluding carboxylic acids is 2. The SMILES string of the molecule is N#CC1(NC(=O)[C@@H]2CC(S(=O)(=O)c3ccc(OCC(F)(F)F)cc3Cl)CN2C(=O)C(F)(F)c2ccccc2)CC1. The van der Waals surface area contributed by atoms with Crippen LogP contribution in [-0.4, -0.2) is 61.3 Å². The van der Waals surface area contributed by atoms with E-state index in [0.29, 0.717) is 17.7 Å². The number of nitrogens with one attached hydrogen (secondary N) is 1. The van der Waals surface area contributed by atoms with Crippen LogP contribution in [0.3, 0.4) is 0 Å². The highest BCUT2D eigenvalue weighted by molar-refractivity contribution is 7.92. The molecule has 0 spiro atoms. The highest BCUT2D eigenvalue weighted by atomic mass is 35.5. The minimum absolute atomic E-state index is 0.302. The molecule has 0 radical (unpaired) electrons. The fourth-order valence-corrected chi connectivity index (χ4v) is 6.54. The molecule has 2 atom stereocenters. The van der Waals surface area contributed by atoms with Gasteiger partial charge in [-0.1, -0.05) is 41.9 Å². The Morgan fingerprint density at radius 1 is 1.12 bits per heavy atom. The Kier molecular flexibility index (Phi) is 7.76. The zero-order chi connectivity index (χ0) is 29.5.